The Kier molecular flexibility index (Phi) is 5.73. The van der Waals surface area contributed by atoms with Gasteiger partial charge in [0.15, 0.2) is 11.5 Å². The van der Waals surface area contributed by atoms with Gasteiger partial charge in [-0.3, -0.25) is 4.68 Å². The highest BCUT2D eigenvalue weighted by molar-refractivity contribution is 6.30. The number of aromatic nitrogens is 4. The van der Waals surface area contributed by atoms with Crippen LogP contribution in [0.1, 0.15) is 30.3 Å². The fourth-order valence-corrected chi connectivity index (χ4v) is 3.06. The molecule has 1 unspecified atom stereocenters. The molecule has 25 heavy (non-hydrogen) atoms. The lowest BCUT2D eigenvalue weighted by molar-refractivity contribution is 0.346. The average molecular weight is 380 g/mol. The van der Waals surface area contributed by atoms with Crippen molar-refractivity contribution in [2.45, 2.75) is 25.3 Å². The summed E-state index contributed by atoms with van der Waals surface area (Å²) in [4.78, 5) is 4.45. The van der Waals surface area contributed by atoms with Gasteiger partial charge in [-0.25, -0.2) is 0 Å². The molecule has 2 aromatic heterocycles. The third-order valence-electron chi connectivity index (χ3n) is 4.22. The van der Waals surface area contributed by atoms with E-state index in [4.69, 9.17) is 16.1 Å². The van der Waals surface area contributed by atoms with Crippen molar-refractivity contribution in [3.8, 4) is 11.6 Å². The summed E-state index contributed by atoms with van der Waals surface area (Å²) in [6.45, 7) is 2.04. The molecule has 1 saturated heterocycles. The lowest BCUT2D eigenvalue weighted by atomic mass is 10.1. The van der Waals surface area contributed by atoms with E-state index in [2.05, 4.69) is 20.6 Å². The Morgan fingerprint density at radius 1 is 1.24 bits per heavy atom. The molecule has 0 bridgehead atoms. The summed E-state index contributed by atoms with van der Waals surface area (Å²) >= 11 is 5.90. The Hall–Kier alpha value is -1.89. The van der Waals surface area contributed by atoms with Crippen molar-refractivity contribution in [2.24, 2.45) is 0 Å². The molecule has 1 fully saturated rings. The van der Waals surface area contributed by atoms with Gasteiger partial charge in [0.1, 0.15) is 0 Å². The molecule has 132 valence electrons. The Morgan fingerprint density at radius 2 is 2.08 bits per heavy atom. The quantitative estimate of drug-likeness (QED) is 0.750. The van der Waals surface area contributed by atoms with E-state index < -0.39 is 0 Å². The first-order valence-corrected chi connectivity index (χ1v) is 8.49. The van der Waals surface area contributed by atoms with Crippen LogP contribution in [0.25, 0.3) is 11.6 Å². The second-order valence-corrected chi connectivity index (χ2v) is 6.44. The Morgan fingerprint density at radius 3 is 2.84 bits per heavy atom. The summed E-state index contributed by atoms with van der Waals surface area (Å²) in [6.07, 6.45) is 4.90. The summed E-state index contributed by atoms with van der Waals surface area (Å²) in [7, 11) is 0. The average Bonchev–Trinajstić information content (AvgIpc) is 3.27. The lowest BCUT2D eigenvalue weighted by Crippen LogP contribution is -2.31. The minimum Gasteiger partial charge on any atom is -0.332 e. The Bertz CT molecular complexity index is 809. The van der Waals surface area contributed by atoms with E-state index in [1.54, 1.807) is 0 Å². The smallest absolute Gasteiger partial charge is 0.278 e. The first-order valence-electron chi connectivity index (χ1n) is 8.11. The van der Waals surface area contributed by atoms with Crippen molar-refractivity contribution in [1.82, 2.24) is 25.2 Å². The fourth-order valence-electron chi connectivity index (χ4n) is 2.93. The van der Waals surface area contributed by atoms with Gasteiger partial charge in [0.05, 0.1) is 6.04 Å². The molecule has 0 saturated carbocycles. The molecule has 4 rings (SSSR count). The molecule has 3 aromatic rings. The second kappa shape index (κ2) is 7.99. The van der Waals surface area contributed by atoms with Gasteiger partial charge in [-0.1, -0.05) is 28.9 Å². The molecule has 8 heteroatoms. The zero-order chi connectivity index (χ0) is 16.4. The maximum absolute atomic E-state index is 5.90. The van der Waals surface area contributed by atoms with Crippen LogP contribution in [0.4, 0.5) is 0 Å². The number of nitrogens with zero attached hydrogens (tertiary/aromatic N) is 4. The number of nitrogens with one attached hydrogen (secondary N) is 1. The predicted molar refractivity (Wildman–Crippen MR) is 98.2 cm³/mol. The largest absolute Gasteiger partial charge is 0.332 e. The van der Waals surface area contributed by atoms with E-state index in [-0.39, 0.29) is 12.4 Å². The van der Waals surface area contributed by atoms with Crippen LogP contribution >= 0.6 is 24.0 Å². The first kappa shape index (κ1) is 17.9. The molecule has 6 nitrogen and oxygen atoms in total. The molecule has 1 aromatic carbocycles. The number of hydrogen-bond donors (Lipinski definition) is 1. The molecule has 0 spiro atoms. The number of halogens is 2. The highest BCUT2D eigenvalue weighted by Crippen LogP contribution is 2.21. The van der Waals surface area contributed by atoms with Crippen molar-refractivity contribution in [3.05, 3.63) is 52.9 Å². The van der Waals surface area contributed by atoms with E-state index in [1.807, 2.05) is 41.2 Å². The zero-order valence-corrected chi connectivity index (χ0v) is 15.1. The molecule has 0 radical (unpaired) electrons. The summed E-state index contributed by atoms with van der Waals surface area (Å²) in [5.41, 5.74) is 1.81. The van der Waals surface area contributed by atoms with E-state index in [0.29, 0.717) is 24.2 Å². The first-order chi connectivity index (χ1) is 11.8. The summed E-state index contributed by atoms with van der Waals surface area (Å²) in [5.74, 6) is 1.10. The van der Waals surface area contributed by atoms with Gasteiger partial charge in [-0.2, -0.15) is 10.1 Å². The summed E-state index contributed by atoms with van der Waals surface area (Å²) in [5, 5.41) is 12.8. The number of hydrogen-bond acceptors (Lipinski definition) is 5. The summed E-state index contributed by atoms with van der Waals surface area (Å²) < 4.78 is 7.36. The highest BCUT2D eigenvalue weighted by atomic mass is 35.5. The standard InChI is InChI=1S/C17H18ClN5O.ClH/c18-13-5-3-12(4-6-13)10-16-20-17(24-22-16)15-7-9-23(21-15)14-2-1-8-19-11-14;/h3-7,9,14,19H,1-2,8,10-11H2;1H. The Labute approximate surface area is 157 Å². The third kappa shape index (κ3) is 4.21. The normalized spacial score (nSPS) is 17.2. The Balaban J connectivity index is 0.00000182. The van der Waals surface area contributed by atoms with Crippen LogP contribution in [-0.2, 0) is 6.42 Å². The van der Waals surface area contributed by atoms with Gasteiger partial charge in [0.25, 0.3) is 5.89 Å². The number of piperidine rings is 1. The van der Waals surface area contributed by atoms with Crippen molar-refractivity contribution < 1.29 is 4.52 Å². The minimum absolute atomic E-state index is 0. The molecule has 0 aliphatic carbocycles. The molecular formula is C17H19Cl2N5O. The SMILES string of the molecule is Cl.Clc1ccc(Cc2noc(-c3ccn(C4CCCNC4)n3)n2)cc1. The molecule has 1 N–H and O–H groups in total. The highest BCUT2D eigenvalue weighted by Gasteiger charge is 2.18. The number of benzene rings is 1. The van der Waals surface area contributed by atoms with E-state index in [9.17, 15) is 0 Å². The van der Waals surface area contributed by atoms with Crippen LogP contribution in [-0.4, -0.2) is 33.0 Å². The van der Waals surface area contributed by atoms with Gasteiger partial charge in [0, 0.05) is 24.2 Å². The maximum Gasteiger partial charge on any atom is 0.278 e. The van der Waals surface area contributed by atoms with Crippen LogP contribution in [0.5, 0.6) is 0 Å². The second-order valence-electron chi connectivity index (χ2n) is 6.00. The van der Waals surface area contributed by atoms with Gasteiger partial charge >= 0.3 is 0 Å². The molecule has 1 aliphatic heterocycles. The van der Waals surface area contributed by atoms with Crippen LogP contribution in [0.3, 0.4) is 0 Å². The predicted octanol–water partition coefficient (Wildman–Crippen LogP) is 3.52. The molecule has 3 heterocycles. The van der Waals surface area contributed by atoms with Crippen molar-refractivity contribution in [3.63, 3.8) is 0 Å². The number of rotatable bonds is 4. The minimum atomic E-state index is 0. The maximum atomic E-state index is 5.90. The van der Waals surface area contributed by atoms with E-state index in [0.717, 1.165) is 35.8 Å². The summed E-state index contributed by atoms with van der Waals surface area (Å²) in [6, 6.07) is 9.96. The van der Waals surface area contributed by atoms with Crippen molar-refractivity contribution in [1.29, 1.82) is 0 Å². The van der Waals surface area contributed by atoms with Crippen molar-refractivity contribution >= 4 is 24.0 Å². The van der Waals surface area contributed by atoms with Gasteiger partial charge in [0.2, 0.25) is 0 Å². The molecule has 0 amide bonds. The van der Waals surface area contributed by atoms with Crippen LogP contribution < -0.4 is 5.32 Å². The van der Waals surface area contributed by atoms with Crippen molar-refractivity contribution in [2.75, 3.05) is 13.1 Å². The molecule has 1 atom stereocenters. The van der Waals surface area contributed by atoms with Gasteiger partial charge < -0.3 is 9.84 Å². The van der Waals surface area contributed by atoms with E-state index >= 15 is 0 Å². The monoisotopic (exact) mass is 379 g/mol. The van der Waals surface area contributed by atoms with E-state index in [1.165, 1.54) is 6.42 Å². The fraction of sp³-hybridized carbons (Fsp3) is 0.353. The molecule has 1 aliphatic rings. The van der Waals surface area contributed by atoms with Crippen LogP contribution in [0, 0.1) is 0 Å². The van der Waals surface area contributed by atoms with Crippen LogP contribution in [0.2, 0.25) is 5.02 Å². The van der Waals surface area contributed by atoms with Crippen LogP contribution in [0.15, 0.2) is 41.1 Å². The topological polar surface area (TPSA) is 68.8 Å². The van der Waals surface area contributed by atoms with Gasteiger partial charge in [-0.05, 0) is 43.1 Å². The molecular weight excluding hydrogens is 361 g/mol. The lowest BCUT2D eigenvalue weighted by Gasteiger charge is -2.22. The van der Waals surface area contributed by atoms with Gasteiger partial charge in [-0.15, -0.1) is 12.4 Å². The zero-order valence-electron chi connectivity index (χ0n) is 13.6. The third-order valence-corrected chi connectivity index (χ3v) is 4.47.